The van der Waals surface area contributed by atoms with Gasteiger partial charge in [-0.3, -0.25) is 0 Å². The number of carbonyl (C=O) groups excluding carboxylic acids is 1. The van der Waals surface area contributed by atoms with Gasteiger partial charge in [0.05, 0.1) is 0 Å². The standard InChI is InChI=1S/C12H24N2O3/c1-5-7-8-10(11(15)16)13-12(17)14(6-2)9(3)4/h9-10H,5-8H2,1-4H3,(H,13,17)(H,15,16). The number of unbranched alkanes of at least 4 members (excludes halogenated alkanes) is 1. The van der Waals surface area contributed by atoms with Gasteiger partial charge in [0.2, 0.25) is 0 Å². The number of hydrogen-bond donors (Lipinski definition) is 2. The van der Waals surface area contributed by atoms with Crippen molar-refractivity contribution in [3.05, 3.63) is 0 Å². The molecule has 0 aromatic carbocycles. The Bertz CT molecular complexity index is 254. The Labute approximate surface area is 103 Å². The second kappa shape index (κ2) is 7.92. The SMILES string of the molecule is CCCCC(NC(=O)N(CC)C(C)C)C(=O)O. The van der Waals surface area contributed by atoms with Crippen LogP contribution in [0.1, 0.15) is 47.0 Å². The third kappa shape index (κ3) is 5.56. The van der Waals surface area contributed by atoms with E-state index in [1.165, 1.54) is 0 Å². The van der Waals surface area contributed by atoms with Crippen LogP contribution in [-0.4, -0.2) is 40.6 Å². The van der Waals surface area contributed by atoms with Crippen LogP contribution in [0.25, 0.3) is 0 Å². The molecule has 0 aromatic heterocycles. The van der Waals surface area contributed by atoms with E-state index in [0.29, 0.717) is 13.0 Å². The van der Waals surface area contributed by atoms with Gasteiger partial charge in [-0.1, -0.05) is 19.8 Å². The number of hydrogen-bond acceptors (Lipinski definition) is 2. The Kier molecular flexibility index (Phi) is 7.34. The summed E-state index contributed by atoms with van der Waals surface area (Å²) in [6.07, 6.45) is 2.19. The van der Waals surface area contributed by atoms with Crippen LogP contribution in [0, 0.1) is 0 Å². The maximum atomic E-state index is 11.8. The minimum absolute atomic E-state index is 0.0700. The van der Waals surface area contributed by atoms with Crippen LogP contribution < -0.4 is 5.32 Å². The molecule has 0 aliphatic heterocycles. The van der Waals surface area contributed by atoms with Crippen molar-refractivity contribution >= 4 is 12.0 Å². The molecule has 0 heterocycles. The number of nitrogens with zero attached hydrogens (tertiary/aromatic N) is 1. The molecule has 0 aliphatic carbocycles. The van der Waals surface area contributed by atoms with Crippen LogP contribution >= 0.6 is 0 Å². The molecule has 0 saturated heterocycles. The van der Waals surface area contributed by atoms with Crippen LogP contribution in [0.4, 0.5) is 4.79 Å². The zero-order valence-electron chi connectivity index (χ0n) is 11.2. The third-order valence-electron chi connectivity index (χ3n) is 2.67. The highest BCUT2D eigenvalue weighted by Gasteiger charge is 2.23. The molecule has 2 N–H and O–H groups in total. The quantitative estimate of drug-likeness (QED) is 0.720. The number of carbonyl (C=O) groups is 2. The summed E-state index contributed by atoms with van der Waals surface area (Å²) in [5, 5.41) is 11.6. The number of urea groups is 1. The molecule has 5 heteroatoms. The Morgan fingerprint density at radius 2 is 1.88 bits per heavy atom. The van der Waals surface area contributed by atoms with E-state index in [-0.39, 0.29) is 12.1 Å². The number of carboxylic acids is 1. The van der Waals surface area contributed by atoms with Gasteiger partial charge < -0.3 is 15.3 Å². The molecule has 0 saturated carbocycles. The Morgan fingerprint density at radius 1 is 1.29 bits per heavy atom. The monoisotopic (exact) mass is 244 g/mol. The average molecular weight is 244 g/mol. The van der Waals surface area contributed by atoms with Crippen LogP contribution in [0.2, 0.25) is 0 Å². The van der Waals surface area contributed by atoms with Gasteiger partial charge >= 0.3 is 12.0 Å². The number of carboxylic acid groups (broad SMARTS) is 1. The summed E-state index contributed by atoms with van der Waals surface area (Å²) in [6, 6.07) is -1.01. The molecule has 17 heavy (non-hydrogen) atoms. The van der Waals surface area contributed by atoms with Gasteiger partial charge in [0.15, 0.2) is 0 Å². The minimum atomic E-state index is -0.966. The topological polar surface area (TPSA) is 69.6 Å². The number of amides is 2. The Morgan fingerprint density at radius 3 is 2.24 bits per heavy atom. The van der Waals surface area contributed by atoms with Crippen molar-refractivity contribution < 1.29 is 14.7 Å². The van der Waals surface area contributed by atoms with Gasteiger partial charge in [-0.15, -0.1) is 0 Å². The van der Waals surface area contributed by atoms with Gasteiger partial charge in [-0.2, -0.15) is 0 Å². The lowest BCUT2D eigenvalue weighted by molar-refractivity contribution is -0.139. The molecular weight excluding hydrogens is 220 g/mol. The summed E-state index contributed by atoms with van der Waals surface area (Å²) in [6.45, 7) is 8.26. The van der Waals surface area contributed by atoms with Crippen LogP contribution in [0.3, 0.4) is 0 Å². The third-order valence-corrected chi connectivity index (χ3v) is 2.67. The van der Waals surface area contributed by atoms with E-state index in [4.69, 9.17) is 5.11 Å². The van der Waals surface area contributed by atoms with E-state index in [9.17, 15) is 9.59 Å². The van der Waals surface area contributed by atoms with Crippen molar-refractivity contribution in [1.82, 2.24) is 10.2 Å². The molecule has 0 bridgehead atoms. The van der Waals surface area contributed by atoms with E-state index in [0.717, 1.165) is 12.8 Å². The predicted molar refractivity (Wildman–Crippen MR) is 67.0 cm³/mol. The first kappa shape index (κ1) is 15.7. The maximum absolute atomic E-state index is 11.8. The largest absolute Gasteiger partial charge is 0.480 e. The summed E-state index contributed by atoms with van der Waals surface area (Å²) in [7, 11) is 0. The number of rotatable bonds is 7. The normalized spacial score (nSPS) is 12.3. The van der Waals surface area contributed by atoms with Gasteiger partial charge in [-0.25, -0.2) is 9.59 Å². The fourth-order valence-electron chi connectivity index (χ4n) is 1.64. The van der Waals surface area contributed by atoms with E-state index in [2.05, 4.69) is 5.32 Å². The molecule has 0 fully saturated rings. The van der Waals surface area contributed by atoms with Crippen LogP contribution in [0.5, 0.6) is 0 Å². The average Bonchev–Trinajstić information content (AvgIpc) is 2.24. The zero-order chi connectivity index (χ0) is 13.4. The first-order valence-corrected chi connectivity index (χ1v) is 6.23. The first-order valence-electron chi connectivity index (χ1n) is 6.23. The van der Waals surface area contributed by atoms with Gasteiger partial charge in [0.1, 0.15) is 6.04 Å². The van der Waals surface area contributed by atoms with Gasteiger partial charge in [0, 0.05) is 12.6 Å². The molecule has 0 aromatic rings. The molecule has 0 aliphatic rings. The van der Waals surface area contributed by atoms with Crippen molar-refractivity contribution in [2.45, 2.75) is 59.0 Å². The molecule has 0 spiro atoms. The molecule has 100 valence electrons. The molecule has 1 unspecified atom stereocenters. The van der Waals surface area contributed by atoms with E-state index < -0.39 is 12.0 Å². The highest BCUT2D eigenvalue weighted by Crippen LogP contribution is 2.04. The lowest BCUT2D eigenvalue weighted by Gasteiger charge is -2.27. The highest BCUT2D eigenvalue weighted by atomic mass is 16.4. The lowest BCUT2D eigenvalue weighted by Crippen LogP contribution is -2.50. The van der Waals surface area contributed by atoms with E-state index in [1.807, 2.05) is 27.7 Å². The predicted octanol–water partition coefficient (Wildman–Crippen LogP) is 2.07. The summed E-state index contributed by atoms with van der Waals surface area (Å²) in [5.41, 5.74) is 0. The number of aliphatic carboxylic acids is 1. The maximum Gasteiger partial charge on any atom is 0.326 e. The van der Waals surface area contributed by atoms with Crippen LogP contribution in [0.15, 0.2) is 0 Å². The van der Waals surface area contributed by atoms with E-state index >= 15 is 0 Å². The van der Waals surface area contributed by atoms with Gasteiger partial charge in [-0.05, 0) is 27.2 Å². The minimum Gasteiger partial charge on any atom is -0.480 e. The van der Waals surface area contributed by atoms with Crippen molar-refractivity contribution in [2.75, 3.05) is 6.54 Å². The summed E-state index contributed by atoms with van der Waals surface area (Å²) in [4.78, 5) is 24.4. The second-order valence-electron chi connectivity index (χ2n) is 4.36. The molecule has 2 amide bonds. The molecule has 0 rings (SSSR count). The molecule has 0 radical (unpaired) electrons. The van der Waals surface area contributed by atoms with Crippen molar-refractivity contribution in [3.8, 4) is 0 Å². The zero-order valence-corrected chi connectivity index (χ0v) is 11.2. The van der Waals surface area contributed by atoms with Crippen LogP contribution in [-0.2, 0) is 4.79 Å². The van der Waals surface area contributed by atoms with Gasteiger partial charge in [0.25, 0.3) is 0 Å². The summed E-state index contributed by atoms with van der Waals surface area (Å²) < 4.78 is 0. The second-order valence-corrected chi connectivity index (χ2v) is 4.36. The number of nitrogens with one attached hydrogen (secondary N) is 1. The fraction of sp³-hybridized carbons (Fsp3) is 0.833. The smallest absolute Gasteiger partial charge is 0.326 e. The Hall–Kier alpha value is -1.26. The van der Waals surface area contributed by atoms with Crippen molar-refractivity contribution in [2.24, 2.45) is 0 Å². The Balaban J connectivity index is 4.43. The summed E-state index contributed by atoms with van der Waals surface area (Å²) in [5.74, 6) is -0.966. The lowest BCUT2D eigenvalue weighted by atomic mass is 10.1. The molecule has 5 nitrogen and oxygen atoms in total. The van der Waals surface area contributed by atoms with Crippen molar-refractivity contribution in [1.29, 1.82) is 0 Å². The first-order chi connectivity index (χ1) is 7.93. The van der Waals surface area contributed by atoms with E-state index in [1.54, 1.807) is 4.90 Å². The van der Waals surface area contributed by atoms with Crippen molar-refractivity contribution in [3.63, 3.8) is 0 Å². The fourth-order valence-corrected chi connectivity index (χ4v) is 1.64. The summed E-state index contributed by atoms with van der Waals surface area (Å²) >= 11 is 0. The molecular formula is C12H24N2O3. The highest BCUT2D eigenvalue weighted by molar-refractivity contribution is 5.82. The molecule has 1 atom stereocenters.